The van der Waals surface area contributed by atoms with Gasteiger partial charge in [-0.1, -0.05) is 6.92 Å². The SMILES string of the molecule is CCCN(C(=O)N1CCOCC1C(=O)O)C(C)C. The molecule has 1 atom stereocenters. The molecule has 1 unspecified atom stereocenters. The van der Waals surface area contributed by atoms with Crippen molar-refractivity contribution in [1.82, 2.24) is 9.80 Å². The number of nitrogens with zero attached hydrogens (tertiary/aromatic N) is 2. The molecule has 0 spiro atoms. The molecule has 1 rings (SSSR count). The largest absolute Gasteiger partial charge is 0.480 e. The Labute approximate surface area is 107 Å². The van der Waals surface area contributed by atoms with E-state index in [0.29, 0.717) is 19.7 Å². The van der Waals surface area contributed by atoms with E-state index in [2.05, 4.69) is 0 Å². The summed E-state index contributed by atoms with van der Waals surface area (Å²) >= 11 is 0. The first-order valence-corrected chi connectivity index (χ1v) is 6.36. The van der Waals surface area contributed by atoms with E-state index in [1.165, 1.54) is 4.90 Å². The highest BCUT2D eigenvalue weighted by atomic mass is 16.5. The number of carbonyl (C=O) groups excluding carboxylic acids is 1. The molecule has 0 bridgehead atoms. The zero-order chi connectivity index (χ0) is 13.7. The quantitative estimate of drug-likeness (QED) is 0.817. The maximum absolute atomic E-state index is 12.4. The minimum atomic E-state index is -1.01. The van der Waals surface area contributed by atoms with Gasteiger partial charge < -0.3 is 19.6 Å². The van der Waals surface area contributed by atoms with Crippen LogP contribution in [0.1, 0.15) is 27.2 Å². The van der Waals surface area contributed by atoms with E-state index in [0.717, 1.165) is 6.42 Å². The Balaban J connectivity index is 2.80. The molecule has 18 heavy (non-hydrogen) atoms. The Hall–Kier alpha value is -1.30. The average Bonchev–Trinajstić information content (AvgIpc) is 2.34. The predicted octanol–water partition coefficient (Wildman–Crippen LogP) is 1.01. The lowest BCUT2D eigenvalue weighted by Gasteiger charge is -2.38. The number of hydrogen-bond acceptors (Lipinski definition) is 3. The van der Waals surface area contributed by atoms with E-state index >= 15 is 0 Å². The van der Waals surface area contributed by atoms with Crippen molar-refractivity contribution >= 4 is 12.0 Å². The van der Waals surface area contributed by atoms with Crippen LogP contribution in [0.4, 0.5) is 4.79 Å². The highest BCUT2D eigenvalue weighted by Crippen LogP contribution is 2.13. The first kappa shape index (κ1) is 14.8. The Morgan fingerprint density at radius 3 is 2.67 bits per heavy atom. The highest BCUT2D eigenvalue weighted by molar-refractivity contribution is 5.83. The molecular formula is C12H22N2O4. The third-order valence-electron chi connectivity index (χ3n) is 2.99. The predicted molar refractivity (Wildman–Crippen MR) is 66.5 cm³/mol. The molecular weight excluding hydrogens is 236 g/mol. The molecule has 1 saturated heterocycles. The molecule has 1 heterocycles. The maximum Gasteiger partial charge on any atom is 0.328 e. The molecule has 2 amide bonds. The summed E-state index contributed by atoms with van der Waals surface area (Å²) in [6.45, 7) is 7.31. The number of carboxylic acids is 1. The van der Waals surface area contributed by atoms with Crippen molar-refractivity contribution in [2.75, 3.05) is 26.3 Å². The lowest BCUT2D eigenvalue weighted by atomic mass is 10.2. The van der Waals surface area contributed by atoms with E-state index < -0.39 is 12.0 Å². The van der Waals surface area contributed by atoms with Crippen LogP contribution in [0.15, 0.2) is 0 Å². The lowest BCUT2D eigenvalue weighted by Crippen LogP contribution is -2.57. The molecule has 0 aromatic carbocycles. The lowest BCUT2D eigenvalue weighted by molar-refractivity contribution is -0.147. The summed E-state index contributed by atoms with van der Waals surface area (Å²) < 4.78 is 5.13. The zero-order valence-electron chi connectivity index (χ0n) is 11.3. The van der Waals surface area contributed by atoms with Crippen LogP contribution in [0.5, 0.6) is 0 Å². The number of carboxylic acid groups (broad SMARTS) is 1. The Kier molecular flexibility index (Phi) is 5.40. The second kappa shape index (κ2) is 6.58. The standard InChI is InChI=1S/C12H22N2O4/c1-4-5-13(9(2)3)12(17)14-6-7-18-8-10(14)11(15)16/h9-10H,4-8H2,1-3H3,(H,15,16). The highest BCUT2D eigenvalue weighted by Gasteiger charge is 2.35. The smallest absolute Gasteiger partial charge is 0.328 e. The fourth-order valence-corrected chi connectivity index (χ4v) is 2.02. The van der Waals surface area contributed by atoms with Gasteiger partial charge in [-0.15, -0.1) is 0 Å². The molecule has 6 nitrogen and oxygen atoms in total. The maximum atomic E-state index is 12.4. The van der Waals surface area contributed by atoms with Gasteiger partial charge in [-0.25, -0.2) is 9.59 Å². The first-order chi connectivity index (χ1) is 8.49. The van der Waals surface area contributed by atoms with E-state index in [1.807, 2.05) is 20.8 Å². The van der Waals surface area contributed by atoms with Gasteiger partial charge >= 0.3 is 12.0 Å². The number of ether oxygens (including phenoxy) is 1. The second-order valence-corrected chi connectivity index (χ2v) is 4.69. The summed E-state index contributed by atoms with van der Waals surface area (Å²) in [6.07, 6.45) is 0.853. The molecule has 104 valence electrons. The molecule has 1 N–H and O–H groups in total. The third-order valence-corrected chi connectivity index (χ3v) is 2.99. The minimum Gasteiger partial charge on any atom is -0.480 e. The summed E-state index contributed by atoms with van der Waals surface area (Å²) in [4.78, 5) is 26.6. The summed E-state index contributed by atoms with van der Waals surface area (Å²) in [6, 6.07) is -1.01. The van der Waals surface area contributed by atoms with Gasteiger partial charge in [0, 0.05) is 19.1 Å². The van der Waals surface area contributed by atoms with Crippen molar-refractivity contribution in [2.45, 2.75) is 39.3 Å². The Morgan fingerprint density at radius 2 is 2.17 bits per heavy atom. The molecule has 1 fully saturated rings. The summed E-state index contributed by atoms with van der Waals surface area (Å²) in [5, 5.41) is 9.12. The normalized spacial score (nSPS) is 20.0. The number of aliphatic carboxylic acids is 1. The van der Waals surface area contributed by atoms with Gasteiger partial charge in [-0.3, -0.25) is 0 Å². The third kappa shape index (κ3) is 3.35. The van der Waals surface area contributed by atoms with Crippen LogP contribution in [0.25, 0.3) is 0 Å². The van der Waals surface area contributed by atoms with E-state index in [-0.39, 0.29) is 18.7 Å². The summed E-state index contributed by atoms with van der Waals surface area (Å²) in [5.74, 6) is -1.01. The van der Waals surface area contributed by atoms with Crippen LogP contribution in [0.3, 0.4) is 0 Å². The van der Waals surface area contributed by atoms with Gasteiger partial charge in [-0.2, -0.15) is 0 Å². The van der Waals surface area contributed by atoms with Crippen LogP contribution in [0.2, 0.25) is 0 Å². The van der Waals surface area contributed by atoms with Gasteiger partial charge in [0.1, 0.15) is 0 Å². The molecule has 0 saturated carbocycles. The fourth-order valence-electron chi connectivity index (χ4n) is 2.02. The van der Waals surface area contributed by atoms with Gasteiger partial charge in [0.2, 0.25) is 0 Å². The number of hydrogen-bond donors (Lipinski definition) is 1. The van der Waals surface area contributed by atoms with E-state index in [4.69, 9.17) is 9.84 Å². The first-order valence-electron chi connectivity index (χ1n) is 6.36. The van der Waals surface area contributed by atoms with E-state index in [9.17, 15) is 9.59 Å². The van der Waals surface area contributed by atoms with Crippen molar-refractivity contribution < 1.29 is 19.4 Å². The van der Waals surface area contributed by atoms with Crippen LogP contribution in [-0.2, 0) is 9.53 Å². The van der Waals surface area contributed by atoms with Gasteiger partial charge in [-0.05, 0) is 20.3 Å². The van der Waals surface area contributed by atoms with Crippen LogP contribution < -0.4 is 0 Å². The Bertz CT molecular complexity index is 306. The summed E-state index contributed by atoms with van der Waals surface area (Å²) in [5.41, 5.74) is 0. The number of carbonyl (C=O) groups is 2. The van der Waals surface area contributed by atoms with Gasteiger partial charge in [0.25, 0.3) is 0 Å². The zero-order valence-corrected chi connectivity index (χ0v) is 11.3. The topological polar surface area (TPSA) is 70.1 Å². The molecule has 6 heteroatoms. The number of amides is 2. The van der Waals surface area contributed by atoms with Crippen molar-refractivity contribution in [3.63, 3.8) is 0 Å². The van der Waals surface area contributed by atoms with Crippen molar-refractivity contribution in [3.05, 3.63) is 0 Å². The number of morpholine rings is 1. The van der Waals surface area contributed by atoms with Crippen LogP contribution >= 0.6 is 0 Å². The van der Waals surface area contributed by atoms with Crippen molar-refractivity contribution in [1.29, 1.82) is 0 Å². The Morgan fingerprint density at radius 1 is 1.50 bits per heavy atom. The molecule has 1 aliphatic heterocycles. The van der Waals surface area contributed by atoms with Crippen LogP contribution in [0, 0.1) is 0 Å². The van der Waals surface area contributed by atoms with Crippen molar-refractivity contribution in [3.8, 4) is 0 Å². The molecule has 0 radical (unpaired) electrons. The van der Waals surface area contributed by atoms with Crippen LogP contribution in [-0.4, -0.2) is 65.3 Å². The van der Waals surface area contributed by atoms with Crippen molar-refractivity contribution in [2.24, 2.45) is 0 Å². The summed E-state index contributed by atoms with van der Waals surface area (Å²) in [7, 11) is 0. The fraction of sp³-hybridized carbons (Fsp3) is 0.833. The average molecular weight is 258 g/mol. The number of urea groups is 1. The second-order valence-electron chi connectivity index (χ2n) is 4.69. The minimum absolute atomic E-state index is 0.0646. The monoisotopic (exact) mass is 258 g/mol. The molecule has 0 aromatic heterocycles. The molecule has 0 aliphatic carbocycles. The molecule has 1 aliphatic rings. The number of rotatable bonds is 4. The van der Waals surface area contributed by atoms with Gasteiger partial charge in [0.15, 0.2) is 6.04 Å². The molecule has 0 aromatic rings. The van der Waals surface area contributed by atoms with Gasteiger partial charge in [0.05, 0.1) is 13.2 Å². The van der Waals surface area contributed by atoms with E-state index in [1.54, 1.807) is 4.90 Å².